The number of piperazine rings is 1. The molecule has 1 fully saturated rings. The summed E-state index contributed by atoms with van der Waals surface area (Å²) >= 11 is 1.49. The second-order valence-corrected chi connectivity index (χ2v) is 8.58. The molecule has 3 rings (SSSR count). The summed E-state index contributed by atoms with van der Waals surface area (Å²) in [6, 6.07) is 0. The van der Waals surface area contributed by atoms with Gasteiger partial charge in [-0.15, -0.1) is 11.3 Å². The number of nitrogens with two attached hydrogens (primary N) is 1. The SMILES string of the molecule is CCC(=O)N1CCN(CC(=O)Nc2sc3c(c2C(N)=O)CCC(C)C3)CC1. The molecule has 0 bridgehead atoms. The number of hydrogen-bond acceptors (Lipinski definition) is 5. The quantitative estimate of drug-likeness (QED) is 0.793. The predicted molar refractivity (Wildman–Crippen MR) is 106 cm³/mol. The third-order valence-electron chi connectivity index (χ3n) is 5.41. The molecule has 7 nitrogen and oxygen atoms in total. The van der Waals surface area contributed by atoms with Gasteiger partial charge in [0, 0.05) is 37.5 Å². The van der Waals surface area contributed by atoms with Crippen LogP contribution in [0.3, 0.4) is 0 Å². The third kappa shape index (κ3) is 4.50. The number of hydrogen-bond donors (Lipinski definition) is 2. The fourth-order valence-electron chi connectivity index (χ4n) is 3.85. The van der Waals surface area contributed by atoms with Crippen molar-refractivity contribution in [2.45, 2.75) is 39.5 Å². The fourth-order valence-corrected chi connectivity index (χ4v) is 5.28. The molecule has 0 spiro atoms. The topological polar surface area (TPSA) is 95.7 Å². The number of thiophene rings is 1. The summed E-state index contributed by atoms with van der Waals surface area (Å²) in [6.45, 7) is 6.98. The van der Waals surface area contributed by atoms with E-state index in [1.165, 1.54) is 16.2 Å². The van der Waals surface area contributed by atoms with Crippen molar-refractivity contribution >= 4 is 34.1 Å². The highest BCUT2D eigenvalue weighted by atomic mass is 32.1. The molecule has 27 heavy (non-hydrogen) atoms. The highest BCUT2D eigenvalue weighted by Gasteiger charge is 2.28. The van der Waals surface area contributed by atoms with Crippen molar-refractivity contribution < 1.29 is 14.4 Å². The maximum absolute atomic E-state index is 12.5. The van der Waals surface area contributed by atoms with Gasteiger partial charge < -0.3 is 16.0 Å². The molecular weight excluding hydrogens is 364 g/mol. The Labute approximate surface area is 163 Å². The van der Waals surface area contributed by atoms with Crippen LogP contribution in [0.5, 0.6) is 0 Å². The molecular formula is C19H28N4O3S. The Kier molecular flexibility index (Phi) is 6.16. The van der Waals surface area contributed by atoms with Crippen LogP contribution in [0.25, 0.3) is 0 Å². The standard InChI is InChI=1S/C19H28N4O3S/c1-3-16(25)23-8-6-22(7-9-23)11-15(24)21-19-17(18(20)26)13-5-4-12(2)10-14(13)27-19/h12H,3-11H2,1-2H3,(H2,20,26)(H,21,24). The van der Waals surface area contributed by atoms with Gasteiger partial charge in [0.2, 0.25) is 11.8 Å². The average molecular weight is 393 g/mol. The molecule has 2 aliphatic rings. The van der Waals surface area contributed by atoms with E-state index in [4.69, 9.17) is 5.73 Å². The molecule has 148 valence electrons. The Balaban J connectivity index is 1.62. The van der Waals surface area contributed by atoms with Crippen LogP contribution < -0.4 is 11.1 Å². The number of amides is 3. The summed E-state index contributed by atoms with van der Waals surface area (Å²) in [5.74, 6) is 0.134. The zero-order chi connectivity index (χ0) is 19.6. The van der Waals surface area contributed by atoms with Crippen LogP contribution in [0, 0.1) is 5.92 Å². The van der Waals surface area contributed by atoms with Gasteiger partial charge in [-0.25, -0.2) is 0 Å². The summed E-state index contributed by atoms with van der Waals surface area (Å²) in [5.41, 5.74) is 7.12. The summed E-state index contributed by atoms with van der Waals surface area (Å²) in [4.78, 5) is 41.3. The van der Waals surface area contributed by atoms with Crippen molar-refractivity contribution in [2.75, 3.05) is 38.0 Å². The molecule has 1 aliphatic carbocycles. The number of rotatable bonds is 5. The Morgan fingerprint density at radius 3 is 2.56 bits per heavy atom. The molecule has 1 unspecified atom stereocenters. The van der Waals surface area contributed by atoms with Gasteiger partial charge >= 0.3 is 0 Å². The van der Waals surface area contributed by atoms with E-state index in [-0.39, 0.29) is 18.4 Å². The van der Waals surface area contributed by atoms with Gasteiger partial charge in [0.15, 0.2) is 0 Å². The minimum absolute atomic E-state index is 0.139. The number of primary amides is 1. The van der Waals surface area contributed by atoms with Gasteiger partial charge in [-0.3, -0.25) is 19.3 Å². The zero-order valence-corrected chi connectivity index (χ0v) is 16.9. The minimum atomic E-state index is -0.468. The lowest BCUT2D eigenvalue weighted by molar-refractivity contribution is -0.132. The number of anilines is 1. The van der Waals surface area contributed by atoms with Gasteiger partial charge in [-0.1, -0.05) is 13.8 Å². The van der Waals surface area contributed by atoms with E-state index in [2.05, 4.69) is 12.2 Å². The lowest BCUT2D eigenvalue weighted by Gasteiger charge is -2.34. The van der Waals surface area contributed by atoms with Crippen molar-refractivity contribution in [3.05, 3.63) is 16.0 Å². The number of carbonyl (C=O) groups is 3. The minimum Gasteiger partial charge on any atom is -0.365 e. The fraction of sp³-hybridized carbons (Fsp3) is 0.632. The zero-order valence-electron chi connectivity index (χ0n) is 16.0. The van der Waals surface area contributed by atoms with Crippen LogP contribution in [-0.2, 0) is 22.4 Å². The molecule has 8 heteroatoms. The lowest BCUT2D eigenvalue weighted by Crippen LogP contribution is -2.50. The molecule has 3 N–H and O–H groups in total. The first kappa shape index (κ1) is 19.8. The summed E-state index contributed by atoms with van der Waals surface area (Å²) in [5, 5.41) is 3.50. The van der Waals surface area contributed by atoms with Crippen molar-refractivity contribution in [1.29, 1.82) is 0 Å². The first-order valence-electron chi connectivity index (χ1n) is 9.63. The van der Waals surface area contributed by atoms with E-state index in [1.54, 1.807) is 0 Å². The van der Waals surface area contributed by atoms with Crippen molar-refractivity contribution in [1.82, 2.24) is 9.80 Å². The second-order valence-electron chi connectivity index (χ2n) is 7.48. The van der Waals surface area contributed by atoms with Crippen LogP contribution in [0.1, 0.15) is 47.5 Å². The van der Waals surface area contributed by atoms with Crippen LogP contribution in [0.2, 0.25) is 0 Å². The summed E-state index contributed by atoms with van der Waals surface area (Å²) in [7, 11) is 0. The normalized spacial score (nSPS) is 20.2. The molecule has 1 aliphatic heterocycles. The number of carbonyl (C=O) groups excluding carboxylic acids is 3. The highest BCUT2D eigenvalue weighted by Crippen LogP contribution is 2.39. The van der Waals surface area contributed by atoms with E-state index >= 15 is 0 Å². The van der Waals surface area contributed by atoms with Crippen LogP contribution >= 0.6 is 11.3 Å². The van der Waals surface area contributed by atoms with Gasteiger partial charge in [0.25, 0.3) is 5.91 Å². The van der Waals surface area contributed by atoms with E-state index < -0.39 is 5.91 Å². The Bertz CT molecular complexity index is 738. The van der Waals surface area contributed by atoms with Gasteiger partial charge in [-0.05, 0) is 30.7 Å². The first-order chi connectivity index (χ1) is 12.9. The number of nitrogens with zero attached hydrogens (tertiary/aromatic N) is 2. The summed E-state index contributed by atoms with van der Waals surface area (Å²) in [6.07, 6.45) is 3.33. The van der Waals surface area contributed by atoms with Crippen LogP contribution in [-0.4, -0.2) is 60.2 Å². The van der Waals surface area contributed by atoms with Crippen molar-refractivity contribution in [3.8, 4) is 0 Å². The molecule has 1 saturated heterocycles. The van der Waals surface area contributed by atoms with E-state index in [1.807, 2.05) is 16.7 Å². The predicted octanol–water partition coefficient (Wildman–Crippen LogP) is 1.46. The Hall–Kier alpha value is -1.93. The van der Waals surface area contributed by atoms with Crippen LogP contribution in [0.15, 0.2) is 0 Å². The Morgan fingerprint density at radius 1 is 1.22 bits per heavy atom. The molecule has 0 aromatic carbocycles. The molecule has 0 saturated carbocycles. The van der Waals surface area contributed by atoms with Gasteiger partial charge in [0.05, 0.1) is 12.1 Å². The highest BCUT2D eigenvalue weighted by molar-refractivity contribution is 7.17. The molecule has 0 radical (unpaired) electrons. The molecule has 1 aromatic rings. The molecule has 1 atom stereocenters. The smallest absolute Gasteiger partial charge is 0.251 e. The molecule has 3 amide bonds. The maximum atomic E-state index is 12.5. The second kappa shape index (κ2) is 8.39. The van der Waals surface area contributed by atoms with Crippen molar-refractivity contribution in [2.24, 2.45) is 11.7 Å². The maximum Gasteiger partial charge on any atom is 0.251 e. The van der Waals surface area contributed by atoms with Crippen LogP contribution in [0.4, 0.5) is 5.00 Å². The van der Waals surface area contributed by atoms with E-state index in [9.17, 15) is 14.4 Å². The van der Waals surface area contributed by atoms with Crippen molar-refractivity contribution in [3.63, 3.8) is 0 Å². The summed E-state index contributed by atoms with van der Waals surface area (Å²) < 4.78 is 0. The first-order valence-corrected chi connectivity index (χ1v) is 10.4. The van der Waals surface area contributed by atoms with E-state index in [0.29, 0.717) is 49.1 Å². The average Bonchev–Trinajstić information content (AvgIpc) is 2.98. The monoisotopic (exact) mass is 392 g/mol. The third-order valence-corrected chi connectivity index (χ3v) is 6.58. The Morgan fingerprint density at radius 2 is 1.93 bits per heavy atom. The molecule has 1 aromatic heterocycles. The van der Waals surface area contributed by atoms with E-state index in [0.717, 1.165) is 24.8 Å². The number of nitrogens with one attached hydrogen (secondary N) is 1. The number of fused-ring (bicyclic) bond motifs is 1. The lowest BCUT2D eigenvalue weighted by atomic mass is 9.88. The van der Waals surface area contributed by atoms with Gasteiger partial charge in [0.1, 0.15) is 5.00 Å². The van der Waals surface area contributed by atoms with Gasteiger partial charge in [-0.2, -0.15) is 0 Å². The largest absolute Gasteiger partial charge is 0.365 e. The molecule has 2 heterocycles.